The van der Waals surface area contributed by atoms with Crippen molar-refractivity contribution < 1.29 is 14.6 Å². The summed E-state index contributed by atoms with van der Waals surface area (Å²) in [5.74, 6) is -0.326. The Balaban J connectivity index is 2.62. The molecule has 2 unspecified atom stereocenters. The van der Waals surface area contributed by atoms with Crippen molar-refractivity contribution in [2.75, 3.05) is 5.88 Å². The minimum Gasteiger partial charge on any atom is -0.455 e. The van der Waals surface area contributed by atoms with Gasteiger partial charge >= 0.3 is 5.97 Å². The first-order valence-corrected chi connectivity index (χ1v) is 3.40. The van der Waals surface area contributed by atoms with E-state index in [1.807, 2.05) is 0 Å². The van der Waals surface area contributed by atoms with Crippen molar-refractivity contribution in [2.45, 2.75) is 12.2 Å². The highest BCUT2D eigenvalue weighted by atomic mass is 35.5. The van der Waals surface area contributed by atoms with Gasteiger partial charge in [-0.25, -0.2) is 4.79 Å². The Morgan fingerprint density at radius 3 is 3.00 bits per heavy atom. The predicted octanol–water partition coefficient (Wildman–Crippen LogP) is 0.0677. The molecule has 0 saturated carbocycles. The molecule has 0 bridgehead atoms. The van der Waals surface area contributed by atoms with E-state index < -0.39 is 18.2 Å². The number of alkyl halides is 1. The van der Waals surface area contributed by atoms with Crippen molar-refractivity contribution in [3.63, 3.8) is 0 Å². The Morgan fingerprint density at radius 2 is 2.50 bits per heavy atom. The molecule has 2 atom stereocenters. The molecule has 0 saturated heterocycles. The second-order valence-corrected chi connectivity index (χ2v) is 2.29. The maximum absolute atomic E-state index is 10.5. The van der Waals surface area contributed by atoms with Gasteiger partial charge in [-0.1, -0.05) is 0 Å². The first kappa shape index (κ1) is 7.57. The van der Waals surface area contributed by atoms with E-state index in [-0.39, 0.29) is 5.88 Å². The van der Waals surface area contributed by atoms with Gasteiger partial charge in [0.1, 0.15) is 12.2 Å². The molecule has 0 aromatic heterocycles. The number of rotatable bonds is 1. The number of aliphatic hydroxyl groups is 1. The van der Waals surface area contributed by atoms with Crippen molar-refractivity contribution in [2.24, 2.45) is 0 Å². The van der Waals surface area contributed by atoms with Crippen LogP contribution in [0.1, 0.15) is 0 Å². The molecular weight excluding hydrogens is 156 g/mol. The molecule has 3 nitrogen and oxygen atoms in total. The fourth-order valence-corrected chi connectivity index (χ4v) is 0.928. The van der Waals surface area contributed by atoms with Gasteiger partial charge in [-0.3, -0.25) is 0 Å². The highest BCUT2D eigenvalue weighted by Gasteiger charge is 2.23. The Hall–Kier alpha value is -0.540. The number of hydrogen-bond acceptors (Lipinski definition) is 3. The zero-order chi connectivity index (χ0) is 7.56. The number of hydrogen-bond donors (Lipinski definition) is 1. The Kier molecular flexibility index (Phi) is 2.29. The lowest BCUT2D eigenvalue weighted by molar-refractivity contribution is -0.147. The van der Waals surface area contributed by atoms with Crippen LogP contribution in [-0.2, 0) is 9.53 Å². The summed E-state index contributed by atoms with van der Waals surface area (Å²) in [7, 11) is 0. The van der Waals surface area contributed by atoms with E-state index in [1.54, 1.807) is 0 Å². The molecule has 0 radical (unpaired) electrons. The summed E-state index contributed by atoms with van der Waals surface area (Å²) in [5.41, 5.74) is 0. The standard InChI is InChI=1S/C6H7ClO3/c7-3-5-4(8)1-2-6(9)10-5/h1-2,4-5,8H,3H2. The van der Waals surface area contributed by atoms with Crippen molar-refractivity contribution in [1.82, 2.24) is 0 Å². The molecule has 0 aromatic rings. The number of ether oxygens (including phenoxy) is 1. The van der Waals surface area contributed by atoms with Crippen LogP contribution in [0.25, 0.3) is 0 Å². The van der Waals surface area contributed by atoms with E-state index in [1.165, 1.54) is 12.2 Å². The molecule has 1 heterocycles. The molecule has 1 aliphatic rings. The third kappa shape index (κ3) is 1.49. The highest BCUT2D eigenvalue weighted by molar-refractivity contribution is 6.18. The summed E-state index contributed by atoms with van der Waals surface area (Å²) in [6.07, 6.45) is 1.22. The van der Waals surface area contributed by atoms with Gasteiger partial charge in [0, 0.05) is 6.08 Å². The number of halogens is 1. The van der Waals surface area contributed by atoms with Crippen LogP contribution in [0.15, 0.2) is 12.2 Å². The fourth-order valence-electron chi connectivity index (χ4n) is 0.682. The number of carbonyl (C=O) groups is 1. The first-order chi connectivity index (χ1) is 4.74. The molecule has 0 aliphatic carbocycles. The maximum atomic E-state index is 10.5. The summed E-state index contributed by atoms with van der Waals surface area (Å²) in [6.45, 7) is 0. The Bertz CT molecular complexity index is 166. The third-order valence-corrected chi connectivity index (χ3v) is 1.53. The second-order valence-electron chi connectivity index (χ2n) is 1.98. The molecule has 1 N–H and O–H groups in total. The highest BCUT2D eigenvalue weighted by Crippen LogP contribution is 2.09. The lowest BCUT2D eigenvalue weighted by Gasteiger charge is -2.20. The number of esters is 1. The lowest BCUT2D eigenvalue weighted by Crippen LogP contribution is -2.34. The van der Waals surface area contributed by atoms with Crippen LogP contribution in [-0.4, -0.2) is 29.2 Å². The molecule has 10 heavy (non-hydrogen) atoms. The molecular formula is C6H7ClO3. The van der Waals surface area contributed by atoms with Crippen molar-refractivity contribution in [3.8, 4) is 0 Å². The molecule has 0 fully saturated rings. The van der Waals surface area contributed by atoms with Gasteiger partial charge in [-0.2, -0.15) is 0 Å². The van der Waals surface area contributed by atoms with Gasteiger partial charge in [0.25, 0.3) is 0 Å². The lowest BCUT2D eigenvalue weighted by atomic mass is 10.2. The van der Waals surface area contributed by atoms with E-state index in [4.69, 9.17) is 16.7 Å². The van der Waals surface area contributed by atoms with Gasteiger partial charge in [0.2, 0.25) is 0 Å². The van der Waals surface area contributed by atoms with E-state index in [2.05, 4.69) is 4.74 Å². The van der Waals surface area contributed by atoms with E-state index in [9.17, 15) is 4.79 Å². The van der Waals surface area contributed by atoms with Crippen LogP contribution in [0.3, 0.4) is 0 Å². The van der Waals surface area contributed by atoms with Crippen molar-refractivity contribution >= 4 is 17.6 Å². The summed E-state index contributed by atoms with van der Waals surface area (Å²) >= 11 is 5.37. The minimum atomic E-state index is -0.754. The molecule has 56 valence electrons. The Morgan fingerprint density at radius 1 is 1.80 bits per heavy atom. The monoisotopic (exact) mass is 162 g/mol. The van der Waals surface area contributed by atoms with Crippen molar-refractivity contribution in [3.05, 3.63) is 12.2 Å². The minimum absolute atomic E-state index is 0.122. The van der Waals surface area contributed by atoms with Crippen LogP contribution in [0.4, 0.5) is 0 Å². The van der Waals surface area contributed by atoms with E-state index in [0.717, 1.165) is 0 Å². The van der Waals surface area contributed by atoms with Crippen LogP contribution in [0.5, 0.6) is 0 Å². The Labute approximate surface area is 63.2 Å². The maximum Gasteiger partial charge on any atom is 0.330 e. The van der Waals surface area contributed by atoms with Crippen molar-refractivity contribution in [1.29, 1.82) is 0 Å². The van der Waals surface area contributed by atoms with E-state index >= 15 is 0 Å². The van der Waals surface area contributed by atoms with E-state index in [0.29, 0.717) is 0 Å². The first-order valence-electron chi connectivity index (χ1n) is 2.87. The van der Waals surface area contributed by atoms with Gasteiger partial charge in [-0.15, -0.1) is 11.6 Å². The quantitative estimate of drug-likeness (QED) is 0.439. The van der Waals surface area contributed by atoms with Crippen LogP contribution in [0.2, 0.25) is 0 Å². The predicted molar refractivity (Wildman–Crippen MR) is 35.7 cm³/mol. The zero-order valence-corrected chi connectivity index (χ0v) is 5.91. The third-order valence-electron chi connectivity index (χ3n) is 1.23. The molecule has 0 aromatic carbocycles. The summed E-state index contributed by atoms with van der Waals surface area (Å²) in [5, 5.41) is 9.04. The SMILES string of the molecule is O=C1C=CC(O)C(CCl)O1. The largest absolute Gasteiger partial charge is 0.455 e. The number of cyclic esters (lactones) is 1. The number of aliphatic hydroxyl groups excluding tert-OH is 1. The van der Waals surface area contributed by atoms with Gasteiger partial charge < -0.3 is 9.84 Å². The average molecular weight is 163 g/mol. The zero-order valence-electron chi connectivity index (χ0n) is 5.16. The molecule has 1 aliphatic heterocycles. The normalized spacial score (nSPS) is 32.0. The topological polar surface area (TPSA) is 46.5 Å². The fraction of sp³-hybridized carbons (Fsp3) is 0.500. The summed E-state index contributed by atoms with van der Waals surface area (Å²) < 4.78 is 4.64. The van der Waals surface area contributed by atoms with Crippen LogP contribution >= 0.6 is 11.6 Å². The number of carbonyl (C=O) groups excluding carboxylic acids is 1. The summed E-state index contributed by atoms with van der Waals surface area (Å²) in [6, 6.07) is 0. The smallest absolute Gasteiger partial charge is 0.330 e. The van der Waals surface area contributed by atoms with Gasteiger partial charge in [0.15, 0.2) is 0 Å². The molecule has 0 amide bonds. The second kappa shape index (κ2) is 3.03. The molecule has 4 heteroatoms. The summed E-state index contributed by atoms with van der Waals surface area (Å²) in [4.78, 5) is 10.5. The van der Waals surface area contributed by atoms with Gasteiger partial charge in [-0.05, 0) is 6.08 Å². The molecule has 1 rings (SSSR count). The molecule has 0 spiro atoms. The van der Waals surface area contributed by atoms with Crippen LogP contribution < -0.4 is 0 Å². The van der Waals surface area contributed by atoms with Crippen LogP contribution in [0, 0.1) is 0 Å². The van der Waals surface area contributed by atoms with Gasteiger partial charge in [0.05, 0.1) is 5.88 Å². The average Bonchev–Trinajstić information content (AvgIpc) is 1.94.